The van der Waals surface area contributed by atoms with E-state index in [4.69, 9.17) is 14.6 Å². The Hall–Kier alpha value is -3.36. The van der Waals surface area contributed by atoms with E-state index in [9.17, 15) is 14.4 Å². The number of carbonyl (C=O) groups is 3. The molecule has 1 aliphatic rings. The van der Waals surface area contributed by atoms with Crippen molar-refractivity contribution in [2.75, 3.05) is 14.2 Å². The highest BCUT2D eigenvalue weighted by Crippen LogP contribution is 2.29. The molecule has 1 saturated carbocycles. The molecule has 1 heterocycles. The summed E-state index contributed by atoms with van der Waals surface area (Å²) in [5, 5.41) is 13.0. The maximum Gasteiger partial charge on any atom is 0.337 e. The van der Waals surface area contributed by atoms with Gasteiger partial charge < -0.3 is 19.5 Å². The molecule has 31 heavy (non-hydrogen) atoms. The van der Waals surface area contributed by atoms with Crippen molar-refractivity contribution in [3.63, 3.8) is 0 Å². The fraction of sp³-hybridized carbons (Fsp3) is 0.455. The van der Waals surface area contributed by atoms with E-state index in [0.29, 0.717) is 22.4 Å². The topological polar surface area (TPSA) is 111 Å². The normalized spacial score (nSPS) is 14.1. The molecule has 0 aliphatic heterocycles. The Balaban J connectivity index is 1.92. The Bertz CT molecular complexity index is 948. The highest BCUT2D eigenvalue weighted by atomic mass is 16.5. The number of aromatic nitrogens is 2. The minimum atomic E-state index is -1.03. The number of hydrogen-bond acceptors (Lipinski definition) is 6. The fourth-order valence-electron chi connectivity index (χ4n) is 3.95. The first-order chi connectivity index (χ1) is 14.9. The van der Waals surface area contributed by atoms with Crippen LogP contribution >= 0.6 is 0 Å². The third-order valence-corrected chi connectivity index (χ3v) is 5.50. The molecule has 1 aromatic carbocycles. The standard InChI is InChI=1S/C22H27N3O6/c1-30-19-9-8-15(22(29)31-2)10-16(19)13-25(18-6-4-3-5-7-18)21(28)17-11-23-24(12-17)14-20(26)27/h8-12,18H,3-7,13-14H2,1-2H3,(H,26,27). The highest BCUT2D eigenvalue weighted by molar-refractivity contribution is 5.94. The SMILES string of the molecule is COC(=O)c1ccc(OC)c(CN(C(=O)c2cnn(CC(=O)O)c2)C2CCCCC2)c1. The van der Waals surface area contributed by atoms with Crippen LogP contribution in [0.1, 0.15) is 58.4 Å². The molecular formula is C22H27N3O6. The van der Waals surface area contributed by atoms with E-state index in [1.807, 2.05) is 0 Å². The molecule has 3 rings (SSSR count). The van der Waals surface area contributed by atoms with Gasteiger partial charge in [0, 0.05) is 24.3 Å². The molecule has 9 nitrogen and oxygen atoms in total. The molecule has 0 saturated heterocycles. The number of methoxy groups -OCH3 is 2. The minimum Gasteiger partial charge on any atom is -0.496 e. The molecule has 166 valence electrons. The Morgan fingerprint density at radius 3 is 2.55 bits per heavy atom. The first kappa shape index (κ1) is 22.3. The average molecular weight is 429 g/mol. The third kappa shape index (κ3) is 5.42. The lowest BCUT2D eigenvalue weighted by molar-refractivity contribution is -0.137. The number of nitrogens with zero attached hydrogens (tertiary/aromatic N) is 3. The van der Waals surface area contributed by atoms with Gasteiger partial charge in [0.15, 0.2) is 0 Å². The predicted molar refractivity (Wildman–Crippen MR) is 111 cm³/mol. The molecule has 1 N–H and O–H groups in total. The zero-order chi connectivity index (χ0) is 22.4. The van der Waals surface area contributed by atoms with Crippen molar-refractivity contribution in [1.29, 1.82) is 0 Å². The van der Waals surface area contributed by atoms with E-state index < -0.39 is 11.9 Å². The number of rotatable bonds is 8. The third-order valence-electron chi connectivity index (χ3n) is 5.50. The van der Waals surface area contributed by atoms with E-state index >= 15 is 0 Å². The smallest absolute Gasteiger partial charge is 0.337 e. The Kier molecular flexibility index (Phi) is 7.28. The van der Waals surface area contributed by atoms with Gasteiger partial charge in [0.2, 0.25) is 0 Å². The van der Waals surface area contributed by atoms with Gasteiger partial charge in [0.1, 0.15) is 12.3 Å². The number of carboxylic acids is 1. The summed E-state index contributed by atoms with van der Waals surface area (Å²) in [6.07, 6.45) is 7.81. The number of amides is 1. The Morgan fingerprint density at radius 1 is 1.16 bits per heavy atom. The average Bonchev–Trinajstić information content (AvgIpc) is 3.24. The van der Waals surface area contributed by atoms with Crippen LogP contribution in [0.4, 0.5) is 0 Å². The number of hydrogen-bond donors (Lipinski definition) is 1. The monoisotopic (exact) mass is 429 g/mol. The highest BCUT2D eigenvalue weighted by Gasteiger charge is 2.28. The van der Waals surface area contributed by atoms with E-state index in [1.54, 1.807) is 30.2 Å². The fourth-order valence-corrected chi connectivity index (χ4v) is 3.95. The van der Waals surface area contributed by atoms with Crippen LogP contribution in [0.15, 0.2) is 30.6 Å². The van der Waals surface area contributed by atoms with E-state index in [0.717, 1.165) is 32.1 Å². The van der Waals surface area contributed by atoms with Gasteiger partial charge in [-0.3, -0.25) is 14.3 Å². The van der Waals surface area contributed by atoms with Gasteiger partial charge in [-0.2, -0.15) is 5.10 Å². The Labute approximate surface area is 180 Å². The van der Waals surface area contributed by atoms with E-state index in [-0.39, 0.29) is 25.0 Å². The molecular weight excluding hydrogens is 402 g/mol. The zero-order valence-electron chi connectivity index (χ0n) is 17.7. The van der Waals surface area contributed by atoms with Crippen molar-refractivity contribution >= 4 is 17.8 Å². The number of ether oxygens (including phenoxy) is 2. The molecule has 0 radical (unpaired) electrons. The second kappa shape index (κ2) is 10.1. The summed E-state index contributed by atoms with van der Waals surface area (Å²) < 4.78 is 11.5. The van der Waals surface area contributed by atoms with E-state index in [1.165, 1.54) is 24.2 Å². The first-order valence-electron chi connectivity index (χ1n) is 10.2. The summed E-state index contributed by atoms with van der Waals surface area (Å²) in [5.41, 5.74) is 1.40. The van der Waals surface area contributed by atoms with Crippen LogP contribution in [0.3, 0.4) is 0 Å². The number of carbonyl (C=O) groups excluding carboxylic acids is 2. The second-order valence-electron chi connectivity index (χ2n) is 7.56. The second-order valence-corrected chi connectivity index (χ2v) is 7.56. The number of benzene rings is 1. The predicted octanol–water partition coefficient (Wildman–Crippen LogP) is 2.74. The molecule has 0 bridgehead atoms. The van der Waals surface area contributed by atoms with Crippen molar-refractivity contribution < 1.29 is 29.0 Å². The molecule has 2 aromatic rings. The summed E-state index contributed by atoms with van der Waals surface area (Å²) in [6, 6.07) is 5.03. The lowest BCUT2D eigenvalue weighted by Crippen LogP contribution is -2.41. The van der Waals surface area contributed by atoms with Gasteiger partial charge in [-0.15, -0.1) is 0 Å². The molecule has 0 atom stereocenters. The minimum absolute atomic E-state index is 0.0376. The van der Waals surface area contributed by atoms with Crippen LogP contribution in [0.2, 0.25) is 0 Å². The maximum atomic E-state index is 13.4. The quantitative estimate of drug-likeness (QED) is 0.642. The van der Waals surface area contributed by atoms with Crippen LogP contribution in [0.25, 0.3) is 0 Å². The van der Waals surface area contributed by atoms with Gasteiger partial charge in [0.25, 0.3) is 5.91 Å². The van der Waals surface area contributed by atoms with Crippen LogP contribution in [-0.4, -0.2) is 57.9 Å². The lowest BCUT2D eigenvalue weighted by atomic mass is 9.93. The summed E-state index contributed by atoms with van der Waals surface area (Å²) in [5.74, 6) is -1.15. The van der Waals surface area contributed by atoms with Gasteiger partial charge in [0.05, 0.1) is 31.5 Å². The van der Waals surface area contributed by atoms with Crippen LogP contribution < -0.4 is 4.74 Å². The van der Waals surface area contributed by atoms with Crippen molar-refractivity contribution in [3.05, 3.63) is 47.3 Å². The van der Waals surface area contributed by atoms with Crippen molar-refractivity contribution in [2.24, 2.45) is 0 Å². The molecule has 1 aromatic heterocycles. The molecule has 9 heteroatoms. The molecule has 1 aliphatic carbocycles. The summed E-state index contributed by atoms with van der Waals surface area (Å²) >= 11 is 0. The summed E-state index contributed by atoms with van der Waals surface area (Å²) in [6.45, 7) is -0.0622. The number of aliphatic carboxylic acids is 1. The summed E-state index contributed by atoms with van der Waals surface area (Å²) in [4.78, 5) is 38.1. The number of carboxylic acid groups (broad SMARTS) is 1. The summed E-state index contributed by atoms with van der Waals surface area (Å²) in [7, 11) is 2.86. The van der Waals surface area contributed by atoms with Gasteiger partial charge >= 0.3 is 11.9 Å². The van der Waals surface area contributed by atoms with Gasteiger partial charge in [-0.1, -0.05) is 19.3 Å². The van der Waals surface area contributed by atoms with Crippen molar-refractivity contribution in [1.82, 2.24) is 14.7 Å². The molecule has 0 unspecified atom stereocenters. The van der Waals surface area contributed by atoms with Crippen molar-refractivity contribution in [2.45, 2.75) is 51.2 Å². The first-order valence-corrected chi connectivity index (χ1v) is 10.2. The Morgan fingerprint density at radius 2 is 1.90 bits per heavy atom. The zero-order valence-corrected chi connectivity index (χ0v) is 17.7. The van der Waals surface area contributed by atoms with Crippen LogP contribution in [-0.2, 0) is 22.6 Å². The molecule has 1 fully saturated rings. The maximum absolute atomic E-state index is 13.4. The van der Waals surface area contributed by atoms with Gasteiger partial charge in [-0.05, 0) is 31.0 Å². The molecule has 1 amide bonds. The molecule has 0 spiro atoms. The number of esters is 1. The van der Waals surface area contributed by atoms with Crippen LogP contribution in [0, 0.1) is 0 Å². The largest absolute Gasteiger partial charge is 0.496 e. The van der Waals surface area contributed by atoms with Crippen molar-refractivity contribution in [3.8, 4) is 5.75 Å². The van der Waals surface area contributed by atoms with Gasteiger partial charge in [-0.25, -0.2) is 4.79 Å². The van der Waals surface area contributed by atoms with Crippen LogP contribution in [0.5, 0.6) is 5.75 Å². The lowest BCUT2D eigenvalue weighted by Gasteiger charge is -2.34. The van der Waals surface area contributed by atoms with E-state index in [2.05, 4.69) is 5.10 Å².